The Morgan fingerprint density at radius 2 is 1.67 bits per heavy atom. The highest BCUT2D eigenvalue weighted by atomic mass is 16.3. The van der Waals surface area contributed by atoms with E-state index in [9.17, 15) is 19.5 Å². The van der Waals surface area contributed by atoms with E-state index < -0.39 is 12.2 Å². The summed E-state index contributed by atoms with van der Waals surface area (Å²) in [6.07, 6.45) is 3.55. The van der Waals surface area contributed by atoms with Gasteiger partial charge in [0.1, 0.15) is 18.0 Å². The molecular weight excluding hydrogens is 568 g/mol. The minimum absolute atomic E-state index is 0.0570. The number of hydrogen-bond donors (Lipinski definition) is 2. The van der Waals surface area contributed by atoms with Crippen LogP contribution in [0.4, 0.5) is 10.5 Å². The van der Waals surface area contributed by atoms with E-state index in [1.807, 2.05) is 42.5 Å². The lowest BCUT2D eigenvalue weighted by molar-refractivity contribution is -0.189. The zero-order valence-electron chi connectivity index (χ0n) is 25.4. The SMILES string of the molecule is C=CCN1CC(=O)N2C(CN(Cc3cccc(N4CCCC4)c3)C(=O)[C@@H]2Cc2ccc(O)cc2)N1C(=O)NCc1ccccc1. The van der Waals surface area contributed by atoms with E-state index in [0.717, 1.165) is 35.5 Å². The van der Waals surface area contributed by atoms with Crippen LogP contribution in [-0.4, -0.2) is 87.7 Å². The standard InChI is InChI=1S/C35H40N6O4/c1-2-17-39-25-33(43)40-31(21-26-13-15-30(42)16-14-26)34(44)38(23-28-11-8-12-29(20-28)37-18-6-7-19-37)24-32(40)41(39)35(45)36-22-27-9-4-3-5-10-27/h2-5,8-16,20,31-32,42H,1,6-7,17-19,21-25H2,(H,36,45)/t31-,32?/m0/s1. The average Bonchev–Trinajstić information content (AvgIpc) is 3.59. The van der Waals surface area contributed by atoms with Gasteiger partial charge in [-0.1, -0.05) is 60.7 Å². The summed E-state index contributed by atoms with van der Waals surface area (Å²) in [5.41, 5.74) is 3.90. The predicted molar refractivity (Wildman–Crippen MR) is 172 cm³/mol. The number of fused-ring (bicyclic) bond motifs is 1. The largest absolute Gasteiger partial charge is 0.508 e. The third-order valence-corrected chi connectivity index (χ3v) is 8.79. The number of benzene rings is 3. The van der Waals surface area contributed by atoms with Crippen molar-refractivity contribution >= 4 is 23.5 Å². The van der Waals surface area contributed by atoms with Crippen molar-refractivity contribution in [1.82, 2.24) is 25.1 Å². The number of nitrogens with zero attached hydrogens (tertiary/aromatic N) is 5. The van der Waals surface area contributed by atoms with Crippen molar-refractivity contribution in [1.29, 1.82) is 0 Å². The zero-order chi connectivity index (χ0) is 31.3. The van der Waals surface area contributed by atoms with Gasteiger partial charge in [-0.3, -0.25) is 9.59 Å². The van der Waals surface area contributed by atoms with Crippen LogP contribution in [0, 0.1) is 0 Å². The predicted octanol–water partition coefficient (Wildman–Crippen LogP) is 3.73. The fourth-order valence-electron chi connectivity index (χ4n) is 6.60. The molecule has 234 valence electrons. The van der Waals surface area contributed by atoms with Crippen LogP contribution < -0.4 is 10.2 Å². The Morgan fingerprint density at radius 3 is 2.40 bits per heavy atom. The molecule has 1 unspecified atom stereocenters. The van der Waals surface area contributed by atoms with Crippen molar-refractivity contribution in [2.24, 2.45) is 0 Å². The molecule has 3 aliphatic rings. The molecule has 3 fully saturated rings. The summed E-state index contributed by atoms with van der Waals surface area (Å²) in [6.45, 7) is 6.97. The molecule has 3 saturated heterocycles. The van der Waals surface area contributed by atoms with E-state index in [2.05, 4.69) is 28.9 Å². The van der Waals surface area contributed by atoms with Gasteiger partial charge in [-0.15, -0.1) is 6.58 Å². The number of carbonyl (C=O) groups is 3. The quantitative estimate of drug-likeness (QED) is 0.360. The van der Waals surface area contributed by atoms with Gasteiger partial charge in [0.2, 0.25) is 11.8 Å². The number of hydrazine groups is 1. The van der Waals surface area contributed by atoms with Gasteiger partial charge in [0, 0.05) is 44.8 Å². The van der Waals surface area contributed by atoms with Crippen molar-refractivity contribution in [2.45, 2.75) is 44.6 Å². The Bertz CT molecular complexity index is 1520. The fraction of sp³-hybridized carbons (Fsp3) is 0.343. The first-order valence-corrected chi connectivity index (χ1v) is 15.6. The Morgan fingerprint density at radius 1 is 0.933 bits per heavy atom. The van der Waals surface area contributed by atoms with Gasteiger partial charge < -0.3 is 25.1 Å². The van der Waals surface area contributed by atoms with E-state index in [4.69, 9.17) is 0 Å². The number of aromatic hydroxyl groups is 1. The van der Waals surface area contributed by atoms with Crippen LogP contribution in [0.3, 0.4) is 0 Å². The van der Waals surface area contributed by atoms with Crippen molar-refractivity contribution in [2.75, 3.05) is 37.6 Å². The highest BCUT2D eigenvalue weighted by Gasteiger charge is 2.51. The van der Waals surface area contributed by atoms with Crippen molar-refractivity contribution < 1.29 is 19.5 Å². The maximum atomic E-state index is 14.3. The van der Waals surface area contributed by atoms with Gasteiger partial charge in [-0.2, -0.15) is 0 Å². The van der Waals surface area contributed by atoms with Gasteiger partial charge in [0.15, 0.2) is 0 Å². The van der Waals surface area contributed by atoms with Crippen LogP contribution >= 0.6 is 0 Å². The smallest absolute Gasteiger partial charge is 0.334 e. The second kappa shape index (κ2) is 13.4. The molecule has 2 N–H and O–H groups in total. The summed E-state index contributed by atoms with van der Waals surface area (Å²) >= 11 is 0. The van der Waals surface area contributed by atoms with Gasteiger partial charge >= 0.3 is 6.03 Å². The number of piperazine rings is 1. The third kappa shape index (κ3) is 6.66. The molecule has 0 aliphatic carbocycles. The molecule has 2 atom stereocenters. The van der Waals surface area contributed by atoms with Gasteiger partial charge in [-0.05, 0) is 53.8 Å². The normalized spacial score (nSPS) is 20.4. The minimum atomic E-state index is -0.821. The number of amides is 4. The first-order chi connectivity index (χ1) is 21.9. The zero-order valence-corrected chi connectivity index (χ0v) is 25.4. The molecule has 0 aromatic heterocycles. The molecule has 4 amide bonds. The molecule has 3 aromatic rings. The Balaban J connectivity index is 1.32. The Kier molecular flexibility index (Phi) is 9.02. The number of phenols is 1. The van der Waals surface area contributed by atoms with Crippen LogP contribution in [-0.2, 0) is 29.1 Å². The highest BCUT2D eigenvalue weighted by Crippen LogP contribution is 2.30. The number of carbonyl (C=O) groups excluding carboxylic acids is 3. The molecule has 10 nitrogen and oxygen atoms in total. The lowest BCUT2D eigenvalue weighted by Gasteiger charge is -2.55. The van der Waals surface area contributed by atoms with Crippen LogP contribution in [0.25, 0.3) is 0 Å². The molecule has 3 aromatic carbocycles. The topological polar surface area (TPSA) is 99.7 Å². The van der Waals surface area contributed by atoms with Crippen molar-refractivity contribution in [3.05, 3.63) is 108 Å². The van der Waals surface area contributed by atoms with E-state index in [-0.39, 0.29) is 43.1 Å². The molecule has 0 bridgehead atoms. The summed E-state index contributed by atoms with van der Waals surface area (Å²) in [7, 11) is 0. The van der Waals surface area contributed by atoms with Crippen LogP contribution in [0.5, 0.6) is 5.75 Å². The number of phenolic OH excluding ortho intramolecular Hbond substituents is 1. The molecule has 45 heavy (non-hydrogen) atoms. The summed E-state index contributed by atoms with van der Waals surface area (Å²) in [6, 6.07) is 23.5. The summed E-state index contributed by atoms with van der Waals surface area (Å²) in [4.78, 5) is 47.7. The van der Waals surface area contributed by atoms with E-state index >= 15 is 0 Å². The van der Waals surface area contributed by atoms with Crippen molar-refractivity contribution in [3.63, 3.8) is 0 Å². The maximum absolute atomic E-state index is 14.3. The van der Waals surface area contributed by atoms with Crippen LogP contribution in [0.15, 0.2) is 91.5 Å². The second-order valence-electron chi connectivity index (χ2n) is 11.9. The minimum Gasteiger partial charge on any atom is -0.508 e. The van der Waals surface area contributed by atoms with E-state index in [0.29, 0.717) is 19.6 Å². The van der Waals surface area contributed by atoms with Crippen LogP contribution in [0.1, 0.15) is 29.5 Å². The molecule has 0 saturated carbocycles. The van der Waals surface area contributed by atoms with E-state index in [1.165, 1.54) is 12.8 Å². The second-order valence-corrected chi connectivity index (χ2v) is 11.9. The summed E-state index contributed by atoms with van der Waals surface area (Å²) in [5, 5.41) is 16.2. The van der Waals surface area contributed by atoms with Gasteiger partial charge in [-0.25, -0.2) is 14.8 Å². The lowest BCUT2D eigenvalue weighted by atomic mass is 9.98. The van der Waals surface area contributed by atoms with Crippen LogP contribution in [0.2, 0.25) is 0 Å². The van der Waals surface area contributed by atoms with Crippen molar-refractivity contribution in [3.8, 4) is 5.75 Å². The summed E-state index contributed by atoms with van der Waals surface area (Å²) in [5.74, 6) is -0.260. The lowest BCUT2D eigenvalue weighted by Crippen LogP contribution is -2.76. The number of nitrogens with one attached hydrogen (secondary N) is 1. The summed E-state index contributed by atoms with van der Waals surface area (Å²) < 4.78 is 0. The average molecular weight is 609 g/mol. The molecule has 3 heterocycles. The van der Waals surface area contributed by atoms with Gasteiger partial charge in [0.05, 0.1) is 13.1 Å². The molecule has 6 rings (SSSR count). The molecular formula is C35H40N6O4. The number of hydrogen-bond acceptors (Lipinski definition) is 6. The molecule has 3 aliphatic heterocycles. The van der Waals surface area contributed by atoms with E-state index in [1.54, 1.807) is 50.2 Å². The third-order valence-electron chi connectivity index (χ3n) is 8.79. The first kappa shape index (κ1) is 30.2. The maximum Gasteiger partial charge on any atom is 0.334 e. The number of anilines is 1. The number of rotatable bonds is 9. The Labute approximate surface area is 264 Å². The Hall–Kier alpha value is -4.83. The molecule has 0 radical (unpaired) electrons. The first-order valence-electron chi connectivity index (χ1n) is 15.6. The monoisotopic (exact) mass is 608 g/mol. The molecule has 10 heteroatoms. The van der Waals surface area contributed by atoms with Gasteiger partial charge in [0.25, 0.3) is 0 Å². The fourth-order valence-corrected chi connectivity index (χ4v) is 6.60. The molecule has 0 spiro atoms. The highest BCUT2D eigenvalue weighted by molar-refractivity contribution is 5.91. The number of urea groups is 1.